The second-order valence-electron chi connectivity index (χ2n) is 6.56. The summed E-state index contributed by atoms with van der Waals surface area (Å²) in [6, 6.07) is 0. The van der Waals surface area contributed by atoms with E-state index in [1.807, 2.05) is 25.7 Å². The molecule has 1 N–H and O–H groups in total. The van der Waals surface area contributed by atoms with Crippen LogP contribution in [0.3, 0.4) is 0 Å². The van der Waals surface area contributed by atoms with Crippen molar-refractivity contribution in [3.63, 3.8) is 0 Å². The van der Waals surface area contributed by atoms with Gasteiger partial charge in [-0.15, -0.1) is 0 Å². The van der Waals surface area contributed by atoms with Gasteiger partial charge < -0.3 is 15.0 Å². The van der Waals surface area contributed by atoms with Crippen LogP contribution in [0.15, 0.2) is 0 Å². The first kappa shape index (κ1) is 13.7. The minimum atomic E-state index is -0.391. The smallest absolute Gasteiger partial charge is 0.410 e. The molecule has 2 unspecified atom stereocenters. The third kappa shape index (κ3) is 3.61. The van der Waals surface area contributed by atoms with Crippen LogP contribution in [0.4, 0.5) is 4.79 Å². The van der Waals surface area contributed by atoms with Gasteiger partial charge in [-0.25, -0.2) is 4.79 Å². The maximum absolute atomic E-state index is 12.1. The summed E-state index contributed by atoms with van der Waals surface area (Å²) in [5.41, 5.74) is -0.391. The number of rotatable bonds is 0. The van der Waals surface area contributed by atoms with Gasteiger partial charge in [0.15, 0.2) is 0 Å². The molecule has 2 atom stereocenters. The first-order chi connectivity index (χ1) is 8.46. The van der Waals surface area contributed by atoms with Crippen molar-refractivity contribution in [2.45, 2.75) is 45.6 Å². The average Bonchev–Trinajstić information content (AvgIpc) is 2.49. The van der Waals surface area contributed by atoms with E-state index in [2.05, 4.69) is 5.32 Å². The van der Waals surface area contributed by atoms with Crippen molar-refractivity contribution >= 4 is 6.09 Å². The van der Waals surface area contributed by atoms with Gasteiger partial charge in [0.25, 0.3) is 0 Å². The first-order valence-corrected chi connectivity index (χ1v) is 7.14. The maximum Gasteiger partial charge on any atom is 0.410 e. The van der Waals surface area contributed by atoms with Crippen molar-refractivity contribution in [3.8, 4) is 0 Å². The molecule has 2 heterocycles. The van der Waals surface area contributed by atoms with E-state index in [0.29, 0.717) is 0 Å². The standard InChI is InChI=1S/C14H26N2O2/c1-14(2,3)18-13(17)16-8-5-11-4-7-15-10-12(11)6-9-16/h11-12,15H,4-10H2,1-3H3. The summed E-state index contributed by atoms with van der Waals surface area (Å²) in [4.78, 5) is 14.0. The summed E-state index contributed by atoms with van der Waals surface area (Å²) in [5.74, 6) is 1.53. The van der Waals surface area contributed by atoms with Gasteiger partial charge in [0.05, 0.1) is 0 Å². The fourth-order valence-electron chi connectivity index (χ4n) is 2.96. The number of likely N-dealkylation sites (tertiary alicyclic amines) is 1. The summed E-state index contributed by atoms with van der Waals surface area (Å²) in [5, 5.41) is 3.46. The zero-order chi connectivity index (χ0) is 13.2. The molecule has 2 saturated heterocycles. The topological polar surface area (TPSA) is 41.6 Å². The molecule has 0 aromatic carbocycles. The summed E-state index contributed by atoms with van der Waals surface area (Å²) in [6.45, 7) is 9.72. The van der Waals surface area contributed by atoms with E-state index >= 15 is 0 Å². The number of carbonyl (C=O) groups is 1. The Kier molecular flexibility index (Phi) is 4.15. The van der Waals surface area contributed by atoms with E-state index in [1.54, 1.807) is 0 Å². The molecule has 0 spiro atoms. The second-order valence-corrected chi connectivity index (χ2v) is 6.56. The van der Waals surface area contributed by atoms with Crippen molar-refractivity contribution in [1.82, 2.24) is 10.2 Å². The zero-order valence-electron chi connectivity index (χ0n) is 11.9. The van der Waals surface area contributed by atoms with Crippen LogP contribution in [0.25, 0.3) is 0 Å². The van der Waals surface area contributed by atoms with Gasteiger partial charge in [-0.3, -0.25) is 0 Å². The molecule has 0 aliphatic carbocycles. The van der Waals surface area contributed by atoms with E-state index in [1.165, 1.54) is 6.42 Å². The molecule has 1 amide bonds. The summed E-state index contributed by atoms with van der Waals surface area (Å²) in [7, 11) is 0. The summed E-state index contributed by atoms with van der Waals surface area (Å²) >= 11 is 0. The number of hydrogen-bond donors (Lipinski definition) is 1. The van der Waals surface area contributed by atoms with Crippen molar-refractivity contribution in [2.24, 2.45) is 11.8 Å². The Labute approximate surface area is 110 Å². The quantitative estimate of drug-likeness (QED) is 0.721. The molecule has 4 heteroatoms. The summed E-state index contributed by atoms with van der Waals surface area (Å²) in [6.07, 6.45) is 3.35. The Balaban J connectivity index is 1.90. The van der Waals surface area contributed by atoms with Crippen LogP contribution in [-0.2, 0) is 4.74 Å². The summed E-state index contributed by atoms with van der Waals surface area (Å²) < 4.78 is 5.46. The molecule has 0 aromatic rings. The van der Waals surface area contributed by atoms with Crippen LogP contribution >= 0.6 is 0 Å². The lowest BCUT2D eigenvalue weighted by Crippen LogP contribution is -2.37. The van der Waals surface area contributed by atoms with Gasteiger partial charge in [-0.05, 0) is 65.0 Å². The third-order valence-electron chi connectivity index (χ3n) is 3.96. The fraction of sp³-hybridized carbons (Fsp3) is 0.929. The van der Waals surface area contributed by atoms with Crippen LogP contribution in [0.2, 0.25) is 0 Å². The molecule has 0 aromatic heterocycles. The average molecular weight is 254 g/mol. The highest BCUT2D eigenvalue weighted by Crippen LogP contribution is 2.29. The zero-order valence-corrected chi connectivity index (χ0v) is 11.9. The molecular formula is C14H26N2O2. The number of nitrogens with one attached hydrogen (secondary N) is 1. The molecule has 0 radical (unpaired) electrons. The van der Waals surface area contributed by atoms with E-state index in [-0.39, 0.29) is 6.09 Å². The number of nitrogens with zero attached hydrogens (tertiary/aromatic N) is 1. The van der Waals surface area contributed by atoms with E-state index in [0.717, 1.165) is 50.9 Å². The number of ether oxygens (including phenoxy) is 1. The molecular weight excluding hydrogens is 228 g/mol. The molecule has 2 fully saturated rings. The second kappa shape index (κ2) is 5.47. The Morgan fingerprint density at radius 1 is 1.17 bits per heavy atom. The van der Waals surface area contributed by atoms with Crippen molar-refractivity contribution < 1.29 is 9.53 Å². The lowest BCUT2D eigenvalue weighted by Gasteiger charge is -2.29. The minimum Gasteiger partial charge on any atom is -0.444 e. The molecule has 0 saturated carbocycles. The van der Waals surface area contributed by atoms with Crippen molar-refractivity contribution in [3.05, 3.63) is 0 Å². The molecule has 104 valence electrons. The van der Waals surface area contributed by atoms with Gasteiger partial charge >= 0.3 is 6.09 Å². The van der Waals surface area contributed by atoms with Crippen LogP contribution in [0.1, 0.15) is 40.0 Å². The number of carbonyl (C=O) groups excluding carboxylic acids is 1. The van der Waals surface area contributed by atoms with Gasteiger partial charge in [0.2, 0.25) is 0 Å². The van der Waals surface area contributed by atoms with Gasteiger partial charge in [-0.2, -0.15) is 0 Å². The Hall–Kier alpha value is -0.770. The fourth-order valence-corrected chi connectivity index (χ4v) is 2.96. The largest absolute Gasteiger partial charge is 0.444 e. The highest BCUT2D eigenvalue weighted by Gasteiger charge is 2.31. The molecule has 0 bridgehead atoms. The van der Waals surface area contributed by atoms with E-state index in [9.17, 15) is 4.79 Å². The predicted molar refractivity (Wildman–Crippen MR) is 71.5 cm³/mol. The monoisotopic (exact) mass is 254 g/mol. The van der Waals surface area contributed by atoms with Crippen molar-refractivity contribution in [2.75, 3.05) is 26.2 Å². The number of hydrogen-bond acceptors (Lipinski definition) is 3. The SMILES string of the molecule is CC(C)(C)OC(=O)N1CCC2CCNCC2CC1. The van der Waals surface area contributed by atoms with E-state index in [4.69, 9.17) is 4.74 Å². The van der Waals surface area contributed by atoms with E-state index < -0.39 is 5.60 Å². The lowest BCUT2D eigenvalue weighted by molar-refractivity contribution is 0.0254. The molecule has 4 nitrogen and oxygen atoms in total. The Bertz CT molecular complexity index is 283. The molecule has 2 aliphatic heterocycles. The predicted octanol–water partition coefficient (Wildman–Crippen LogP) is 2.24. The maximum atomic E-state index is 12.1. The highest BCUT2D eigenvalue weighted by molar-refractivity contribution is 5.68. The Morgan fingerprint density at radius 3 is 2.50 bits per heavy atom. The number of fused-ring (bicyclic) bond motifs is 1. The molecule has 2 aliphatic rings. The van der Waals surface area contributed by atoms with Crippen LogP contribution in [0.5, 0.6) is 0 Å². The van der Waals surface area contributed by atoms with Crippen molar-refractivity contribution in [1.29, 1.82) is 0 Å². The van der Waals surface area contributed by atoms with Gasteiger partial charge in [0.1, 0.15) is 5.60 Å². The van der Waals surface area contributed by atoms with Crippen LogP contribution < -0.4 is 5.32 Å². The van der Waals surface area contributed by atoms with Crippen LogP contribution in [-0.4, -0.2) is 42.8 Å². The minimum absolute atomic E-state index is 0.144. The van der Waals surface area contributed by atoms with Gasteiger partial charge in [0, 0.05) is 13.1 Å². The number of amides is 1. The van der Waals surface area contributed by atoms with Crippen LogP contribution in [0, 0.1) is 11.8 Å². The molecule has 18 heavy (non-hydrogen) atoms. The third-order valence-corrected chi connectivity index (χ3v) is 3.96. The van der Waals surface area contributed by atoms with Gasteiger partial charge in [-0.1, -0.05) is 0 Å². The first-order valence-electron chi connectivity index (χ1n) is 7.14. The Morgan fingerprint density at radius 2 is 1.83 bits per heavy atom. The lowest BCUT2D eigenvalue weighted by atomic mass is 9.83. The highest BCUT2D eigenvalue weighted by atomic mass is 16.6. The normalized spacial score (nSPS) is 29.4. The number of piperidine rings is 1. The molecule has 2 rings (SSSR count).